The number of halogens is 4. The third kappa shape index (κ3) is 7.54. The third-order valence-corrected chi connectivity index (χ3v) is 7.70. The van der Waals surface area contributed by atoms with Crippen LogP contribution in [0.1, 0.15) is 66.8 Å². The van der Waals surface area contributed by atoms with Crippen molar-refractivity contribution in [1.82, 2.24) is 10.3 Å². The molecule has 1 aromatic heterocycles. The van der Waals surface area contributed by atoms with Gasteiger partial charge in [-0.1, -0.05) is 41.5 Å². The Kier molecular flexibility index (Phi) is 9.55. The van der Waals surface area contributed by atoms with Crippen molar-refractivity contribution in [2.24, 2.45) is 10.9 Å². The highest BCUT2D eigenvalue weighted by molar-refractivity contribution is 7.45. The maximum Gasteiger partial charge on any atom is 0.443 e. The molecule has 11 heteroatoms. The van der Waals surface area contributed by atoms with Gasteiger partial charge >= 0.3 is 6.18 Å². The Labute approximate surface area is 214 Å². The minimum absolute atomic E-state index is 0.0805. The number of thiazole rings is 1. The number of anilines is 1. The predicted molar refractivity (Wildman–Crippen MR) is 140 cm³/mol. The molecule has 1 aliphatic heterocycles. The van der Waals surface area contributed by atoms with E-state index in [4.69, 9.17) is 0 Å². The van der Waals surface area contributed by atoms with E-state index in [-0.39, 0.29) is 27.7 Å². The number of hydrogen-bond donors (Lipinski definition) is 2. The summed E-state index contributed by atoms with van der Waals surface area (Å²) < 4.78 is 53.0. The number of allylic oxidation sites excluding steroid dienone is 3. The average molecular weight is 541 g/mol. The van der Waals surface area contributed by atoms with Gasteiger partial charge in [0.15, 0.2) is 5.01 Å². The van der Waals surface area contributed by atoms with Crippen LogP contribution in [-0.4, -0.2) is 22.9 Å². The minimum Gasteiger partial charge on any atom is -0.321 e. The van der Waals surface area contributed by atoms with Crippen LogP contribution in [-0.2, 0) is 6.18 Å². The highest BCUT2D eigenvalue weighted by Gasteiger charge is 2.35. The van der Waals surface area contributed by atoms with E-state index in [1.807, 2.05) is 13.1 Å². The molecule has 3 unspecified atom stereocenters. The Morgan fingerprint density at radius 1 is 1.25 bits per heavy atom. The maximum atomic E-state index is 14.7. The van der Waals surface area contributed by atoms with E-state index < -0.39 is 29.0 Å². The van der Waals surface area contributed by atoms with Crippen LogP contribution in [0.3, 0.4) is 0 Å². The van der Waals surface area contributed by atoms with Crippen LogP contribution >= 0.6 is 19.9 Å². The second kappa shape index (κ2) is 12.2. The van der Waals surface area contributed by atoms with Gasteiger partial charge in [-0.15, -0.1) is 11.3 Å². The number of rotatable bonds is 8. The van der Waals surface area contributed by atoms with E-state index in [9.17, 15) is 22.4 Å². The zero-order valence-corrected chi connectivity index (χ0v) is 22.2. The van der Waals surface area contributed by atoms with Crippen LogP contribution < -0.4 is 10.6 Å². The fourth-order valence-electron chi connectivity index (χ4n) is 3.48. The lowest BCUT2D eigenvalue weighted by atomic mass is 10.1. The van der Waals surface area contributed by atoms with E-state index in [1.54, 1.807) is 0 Å². The van der Waals surface area contributed by atoms with Gasteiger partial charge in [0.2, 0.25) is 0 Å². The molecular weight excluding hydrogens is 511 g/mol. The number of aliphatic imine (C=N–C) groups is 1. The van der Waals surface area contributed by atoms with Gasteiger partial charge in [-0.25, -0.2) is 9.37 Å². The largest absolute Gasteiger partial charge is 0.443 e. The first-order valence-electron chi connectivity index (χ1n) is 11.6. The van der Waals surface area contributed by atoms with Gasteiger partial charge in [0, 0.05) is 23.5 Å². The number of carbonyl (C=O) groups is 1. The molecule has 1 aromatic carbocycles. The topological polar surface area (TPSA) is 66.4 Å². The Hall–Kier alpha value is -2.42. The highest BCUT2D eigenvalue weighted by Crippen LogP contribution is 2.39. The molecule has 194 valence electrons. The second-order valence-corrected chi connectivity index (χ2v) is 11.2. The Morgan fingerprint density at radius 2 is 2.00 bits per heavy atom. The molecule has 3 rings (SSSR count). The van der Waals surface area contributed by atoms with Crippen LogP contribution in [0.25, 0.3) is 0 Å². The van der Waals surface area contributed by atoms with E-state index >= 15 is 0 Å². The lowest BCUT2D eigenvalue weighted by Gasteiger charge is -2.26. The molecule has 36 heavy (non-hydrogen) atoms. The molecule has 0 fully saturated rings. The van der Waals surface area contributed by atoms with Crippen molar-refractivity contribution in [3.63, 3.8) is 0 Å². The summed E-state index contributed by atoms with van der Waals surface area (Å²) in [5.41, 5.74) is 1.58. The molecule has 0 spiro atoms. The molecule has 3 atom stereocenters. The van der Waals surface area contributed by atoms with Gasteiger partial charge in [0.05, 0.1) is 17.7 Å². The standard InChI is InChI=1S/C25H29F4N4OPS/c1-5-6-19-20(10-7-14(2)3)35-22(13-30-19)32-15(4)17-11-16(8-9-18(17)26)33-23(34)21-12-31-24(36-21)25(27,28)29/h6,8-15,22,32,35H,5,7H2,1-4H3,(H,33,34)/b19-6+,20-10-. The van der Waals surface area contributed by atoms with Crippen molar-refractivity contribution < 1.29 is 22.4 Å². The summed E-state index contributed by atoms with van der Waals surface area (Å²) in [6.07, 6.45) is 4.26. The van der Waals surface area contributed by atoms with Crippen molar-refractivity contribution in [2.75, 3.05) is 5.32 Å². The highest BCUT2D eigenvalue weighted by atomic mass is 32.1. The molecule has 0 saturated carbocycles. The third-order valence-electron chi connectivity index (χ3n) is 5.26. The number of carbonyl (C=O) groups excluding carboxylic acids is 1. The quantitative estimate of drug-likeness (QED) is 0.269. The molecule has 2 aromatic rings. The second-order valence-electron chi connectivity index (χ2n) is 8.75. The fourth-order valence-corrected chi connectivity index (χ4v) is 5.52. The van der Waals surface area contributed by atoms with Crippen LogP contribution in [0.4, 0.5) is 23.2 Å². The molecule has 0 aliphatic carbocycles. The number of nitrogens with one attached hydrogen (secondary N) is 2. The zero-order valence-electron chi connectivity index (χ0n) is 20.4. The molecule has 2 heterocycles. The summed E-state index contributed by atoms with van der Waals surface area (Å²) in [5, 5.41) is 6.01. The molecule has 0 bridgehead atoms. The Morgan fingerprint density at radius 3 is 2.64 bits per heavy atom. The summed E-state index contributed by atoms with van der Waals surface area (Å²) in [6.45, 7) is 8.20. The predicted octanol–water partition coefficient (Wildman–Crippen LogP) is 7.52. The molecule has 5 nitrogen and oxygen atoms in total. The number of alkyl halides is 3. The lowest BCUT2D eigenvalue weighted by molar-refractivity contribution is -0.137. The molecular formula is C25H29F4N4OPS. The van der Waals surface area contributed by atoms with Crippen LogP contribution in [0.2, 0.25) is 0 Å². The van der Waals surface area contributed by atoms with Crippen molar-refractivity contribution in [2.45, 2.75) is 58.5 Å². The van der Waals surface area contributed by atoms with Crippen molar-refractivity contribution >= 4 is 37.7 Å². The molecule has 2 N–H and O–H groups in total. The van der Waals surface area contributed by atoms with E-state index in [0.717, 1.165) is 24.7 Å². The summed E-state index contributed by atoms with van der Waals surface area (Å²) in [6, 6.07) is 3.67. The number of aromatic nitrogens is 1. The van der Waals surface area contributed by atoms with Gasteiger partial charge in [-0.3, -0.25) is 15.1 Å². The van der Waals surface area contributed by atoms with Gasteiger partial charge < -0.3 is 5.32 Å². The maximum absolute atomic E-state index is 14.7. The fraction of sp³-hybridized carbons (Fsp3) is 0.400. The molecule has 0 radical (unpaired) electrons. The van der Waals surface area contributed by atoms with Crippen LogP contribution in [0.15, 0.2) is 52.6 Å². The van der Waals surface area contributed by atoms with E-state index in [2.05, 4.69) is 53.5 Å². The Bertz CT molecular complexity index is 1170. The summed E-state index contributed by atoms with van der Waals surface area (Å²) >= 11 is 0.255. The van der Waals surface area contributed by atoms with Crippen LogP contribution in [0, 0.1) is 11.7 Å². The lowest BCUT2D eigenvalue weighted by Crippen LogP contribution is -2.31. The molecule has 1 amide bonds. The number of amides is 1. The first-order valence-corrected chi connectivity index (χ1v) is 13.5. The molecule has 1 aliphatic rings. The van der Waals surface area contributed by atoms with Crippen LogP contribution in [0.5, 0.6) is 0 Å². The monoisotopic (exact) mass is 540 g/mol. The van der Waals surface area contributed by atoms with Crippen molar-refractivity contribution in [3.05, 3.63) is 68.8 Å². The number of benzene rings is 1. The number of nitrogens with zero attached hydrogens (tertiary/aromatic N) is 2. The first-order chi connectivity index (χ1) is 17.0. The Balaban J connectivity index is 1.72. The van der Waals surface area contributed by atoms with Crippen molar-refractivity contribution in [3.8, 4) is 0 Å². The summed E-state index contributed by atoms with van der Waals surface area (Å²) in [4.78, 5) is 20.1. The summed E-state index contributed by atoms with van der Waals surface area (Å²) in [5.74, 6) is -0.748. The van der Waals surface area contributed by atoms with E-state index in [0.29, 0.717) is 20.1 Å². The van der Waals surface area contributed by atoms with Gasteiger partial charge in [0.25, 0.3) is 5.91 Å². The van der Waals surface area contributed by atoms with Gasteiger partial charge in [0.1, 0.15) is 10.7 Å². The number of hydrogen-bond acceptors (Lipinski definition) is 5. The minimum atomic E-state index is -4.62. The smallest absolute Gasteiger partial charge is 0.321 e. The zero-order chi connectivity index (χ0) is 26.5. The van der Waals surface area contributed by atoms with E-state index in [1.165, 1.54) is 23.5 Å². The first kappa shape index (κ1) is 28.2. The SMILES string of the molecule is CC/C=C1/N=CC(NC(C)c2cc(NC(=O)c3cnc(C(F)(F)F)s3)ccc2F)P/C1=C\CC(C)C. The van der Waals surface area contributed by atoms with Gasteiger partial charge in [-0.2, -0.15) is 13.2 Å². The summed E-state index contributed by atoms with van der Waals surface area (Å²) in [7, 11) is 0.423. The van der Waals surface area contributed by atoms with Crippen molar-refractivity contribution in [1.29, 1.82) is 0 Å². The average Bonchev–Trinajstić information content (AvgIpc) is 3.31. The normalized spacial score (nSPS) is 20.0. The van der Waals surface area contributed by atoms with Gasteiger partial charge in [-0.05, 0) is 49.2 Å². The molecule has 0 saturated heterocycles.